The van der Waals surface area contributed by atoms with Gasteiger partial charge in [0.25, 0.3) is 0 Å². The number of carbonyl (C=O) groups excluding carboxylic acids is 3. The first-order valence-electron chi connectivity index (χ1n) is 11.4. The Kier molecular flexibility index (Phi) is 7.88. The Hall–Kier alpha value is -6.03. The monoisotopic (exact) mass is 510 g/mol. The maximum Gasteiger partial charge on any atom is 0.343 e. The fraction of sp³-hybridized carbons (Fsp3) is 0. The van der Waals surface area contributed by atoms with E-state index in [1.807, 2.05) is 0 Å². The summed E-state index contributed by atoms with van der Waals surface area (Å²) in [6, 6.07) is 22.8. The zero-order valence-corrected chi connectivity index (χ0v) is 20.3. The second-order valence-corrected chi connectivity index (χ2v) is 7.98. The molecule has 6 nitrogen and oxygen atoms in total. The average molecular weight is 511 g/mol. The van der Waals surface area contributed by atoms with Gasteiger partial charge in [-0.1, -0.05) is 36.0 Å². The highest BCUT2D eigenvalue weighted by atomic mass is 16.5. The molecule has 186 valence electrons. The number of hydrogen-bond donors (Lipinski definition) is 0. The zero-order chi connectivity index (χ0) is 27.8. The fourth-order valence-corrected chi connectivity index (χ4v) is 3.43. The predicted octanol–water partition coefficient (Wildman–Crippen LogP) is 5.29. The van der Waals surface area contributed by atoms with Crippen molar-refractivity contribution in [1.82, 2.24) is 0 Å². The molecule has 4 rings (SSSR count). The van der Waals surface area contributed by atoms with Crippen LogP contribution in [-0.2, 0) is 0 Å². The van der Waals surface area contributed by atoms with E-state index in [0.717, 1.165) is 0 Å². The topological polar surface area (TPSA) is 78.9 Å². The van der Waals surface area contributed by atoms with E-state index in [1.54, 1.807) is 54.6 Å². The zero-order valence-electron chi connectivity index (χ0n) is 20.3. The SMILES string of the molecule is C#Cc1cccc(OC(=O)c2cc(C(=O)Oc3cccc(C#C)c3)cc(C(=O)Oc3cccc(C#C)c3)c2)c1. The Morgan fingerprint density at radius 2 is 0.744 bits per heavy atom. The molecule has 4 aromatic rings. The van der Waals surface area contributed by atoms with Crippen LogP contribution in [0.15, 0.2) is 91.0 Å². The number of esters is 3. The van der Waals surface area contributed by atoms with Crippen molar-refractivity contribution in [1.29, 1.82) is 0 Å². The Balaban J connectivity index is 1.68. The lowest BCUT2D eigenvalue weighted by atomic mass is 10.1. The van der Waals surface area contributed by atoms with E-state index in [2.05, 4.69) is 17.8 Å². The molecule has 0 aromatic heterocycles. The molecule has 0 bridgehead atoms. The van der Waals surface area contributed by atoms with Gasteiger partial charge in [-0.25, -0.2) is 14.4 Å². The standard InChI is InChI=1S/C33H18O6/c1-4-22-10-7-13-28(16-22)37-31(34)25-19-26(32(35)38-29-14-8-11-23(5-2)17-29)21-27(20-25)33(36)39-30-15-9-12-24(6-3)18-30/h1-3,7-21H. The van der Waals surface area contributed by atoms with Crippen LogP contribution in [0, 0.1) is 37.0 Å². The molecule has 0 amide bonds. The molecule has 0 N–H and O–H groups in total. The summed E-state index contributed by atoms with van der Waals surface area (Å²) in [4.78, 5) is 39.1. The lowest BCUT2D eigenvalue weighted by Crippen LogP contribution is -2.16. The number of benzene rings is 4. The molecular formula is C33H18O6. The summed E-state index contributed by atoms with van der Waals surface area (Å²) in [5.41, 5.74) is 1.22. The molecule has 0 heterocycles. The van der Waals surface area contributed by atoms with Crippen LogP contribution in [0.3, 0.4) is 0 Å². The van der Waals surface area contributed by atoms with Crippen molar-refractivity contribution in [3.63, 3.8) is 0 Å². The van der Waals surface area contributed by atoms with Gasteiger partial charge in [-0.05, 0) is 72.8 Å². The molecule has 0 radical (unpaired) electrons. The van der Waals surface area contributed by atoms with Crippen LogP contribution in [0.25, 0.3) is 0 Å². The Morgan fingerprint density at radius 3 is 1.00 bits per heavy atom. The second-order valence-electron chi connectivity index (χ2n) is 7.98. The molecule has 0 saturated heterocycles. The van der Waals surface area contributed by atoms with Crippen LogP contribution in [0.5, 0.6) is 17.2 Å². The molecule has 4 aromatic carbocycles. The van der Waals surface area contributed by atoms with Gasteiger partial charge in [-0.15, -0.1) is 19.3 Å². The molecule has 0 atom stereocenters. The normalized spacial score (nSPS) is 9.77. The number of ether oxygens (including phenoxy) is 3. The van der Waals surface area contributed by atoms with E-state index in [-0.39, 0.29) is 33.9 Å². The molecule has 0 aliphatic heterocycles. The summed E-state index contributed by atoms with van der Waals surface area (Å²) in [5, 5.41) is 0. The summed E-state index contributed by atoms with van der Waals surface area (Å²) in [7, 11) is 0. The molecule has 0 spiro atoms. The van der Waals surface area contributed by atoms with Gasteiger partial charge < -0.3 is 14.2 Å². The van der Waals surface area contributed by atoms with Crippen LogP contribution in [0.1, 0.15) is 47.8 Å². The molecule has 0 saturated carbocycles. The van der Waals surface area contributed by atoms with Crippen molar-refractivity contribution in [2.45, 2.75) is 0 Å². The van der Waals surface area contributed by atoms with Crippen LogP contribution < -0.4 is 14.2 Å². The van der Waals surface area contributed by atoms with Crippen molar-refractivity contribution in [2.75, 3.05) is 0 Å². The molecule has 6 heteroatoms. The van der Waals surface area contributed by atoms with Crippen molar-refractivity contribution < 1.29 is 28.6 Å². The highest BCUT2D eigenvalue weighted by Crippen LogP contribution is 2.21. The lowest BCUT2D eigenvalue weighted by molar-refractivity contribution is 0.0734. The van der Waals surface area contributed by atoms with Crippen molar-refractivity contribution in [3.8, 4) is 54.3 Å². The molecule has 0 unspecified atom stereocenters. The third-order valence-corrected chi connectivity index (χ3v) is 5.27. The maximum absolute atomic E-state index is 13.0. The maximum atomic E-state index is 13.0. The summed E-state index contributed by atoms with van der Waals surface area (Å²) >= 11 is 0. The van der Waals surface area contributed by atoms with E-state index >= 15 is 0 Å². The van der Waals surface area contributed by atoms with E-state index in [0.29, 0.717) is 16.7 Å². The van der Waals surface area contributed by atoms with Gasteiger partial charge in [0.2, 0.25) is 0 Å². The van der Waals surface area contributed by atoms with Crippen LogP contribution in [-0.4, -0.2) is 17.9 Å². The van der Waals surface area contributed by atoms with Crippen LogP contribution in [0.4, 0.5) is 0 Å². The molecule has 0 fully saturated rings. The molecule has 39 heavy (non-hydrogen) atoms. The minimum Gasteiger partial charge on any atom is -0.423 e. The molecular weight excluding hydrogens is 492 g/mol. The lowest BCUT2D eigenvalue weighted by Gasteiger charge is -2.11. The summed E-state index contributed by atoms with van der Waals surface area (Å²) in [6.45, 7) is 0. The Labute approximate surface area is 225 Å². The number of carbonyl (C=O) groups is 3. The number of rotatable bonds is 6. The van der Waals surface area contributed by atoms with Gasteiger partial charge in [0.05, 0.1) is 16.7 Å². The number of terminal acetylenes is 3. The van der Waals surface area contributed by atoms with Crippen molar-refractivity contribution in [3.05, 3.63) is 124 Å². The first kappa shape index (κ1) is 26.0. The Morgan fingerprint density at radius 1 is 0.462 bits per heavy atom. The smallest absolute Gasteiger partial charge is 0.343 e. The molecule has 0 aliphatic rings. The van der Waals surface area contributed by atoms with Crippen molar-refractivity contribution >= 4 is 17.9 Å². The highest BCUT2D eigenvalue weighted by molar-refractivity contribution is 6.01. The van der Waals surface area contributed by atoms with Crippen LogP contribution in [0.2, 0.25) is 0 Å². The second kappa shape index (κ2) is 11.8. The van der Waals surface area contributed by atoms with E-state index < -0.39 is 17.9 Å². The third-order valence-electron chi connectivity index (χ3n) is 5.27. The minimum atomic E-state index is -0.837. The van der Waals surface area contributed by atoms with Gasteiger partial charge in [0.15, 0.2) is 0 Å². The Bertz CT molecular complexity index is 1510. The van der Waals surface area contributed by atoms with E-state index in [1.165, 1.54) is 36.4 Å². The average Bonchev–Trinajstić information content (AvgIpc) is 2.97. The summed E-state index contributed by atoms with van der Waals surface area (Å²) in [6.07, 6.45) is 16.2. The van der Waals surface area contributed by atoms with Gasteiger partial charge in [-0.2, -0.15) is 0 Å². The summed E-state index contributed by atoms with van der Waals surface area (Å²) < 4.78 is 16.3. The largest absolute Gasteiger partial charge is 0.423 e. The fourth-order valence-electron chi connectivity index (χ4n) is 3.43. The number of hydrogen-bond acceptors (Lipinski definition) is 6. The van der Waals surface area contributed by atoms with Crippen LogP contribution >= 0.6 is 0 Å². The van der Waals surface area contributed by atoms with Gasteiger partial charge in [0.1, 0.15) is 17.2 Å². The first-order valence-corrected chi connectivity index (χ1v) is 11.4. The van der Waals surface area contributed by atoms with Gasteiger partial charge in [-0.3, -0.25) is 0 Å². The van der Waals surface area contributed by atoms with Crippen molar-refractivity contribution in [2.24, 2.45) is 0 Å². The van der Waals surface area contributed by atoms with E-state index in [4.69, 9.17) is 33.5 Å². The quantitative estimate of drug-likeness (QED) is 0.199. The molecule has 0 aliphatic carbocycles. The highest BCUT2D eigenvalue weighted by Gasteiger charge is 2.20. The first-order chi connectivity index (χ1) is 18.9. The van der Waals surface area contributed by atoms with E-state index in [9.17, 15) is 14.4 Å². The summed E-state index contributed by atoms with van der Waals surface area (Å²) in [5.74, 6) is 5.40. The predicted molar refractivity (Wildman–Crippen MR) is 144 cm³/mol. The van der Waals surface area contributed by atoms with Gasteiger partial charge >= 0.3 is 17.9 Å². The minimum absolute atomic E-state index is 0.0998. The third kappa shape index (κ3) is 6.60. The van der Waals surface area contributed by atoms with Gasteiger partial charge in [0, 0.05) is 16.7 Å².